The van der Waals surface area contributed by atoms with Crippen molar-refractivity contribution >= 4 is 57.7 Å². The average molecular weight is 558 g/mol. The van der Waals surface area contributed by atoms with Gasteiger partial charge in [-0.3, -0.25) is 19.4 Å². The number of aromatic nitrogens is 4. The second kappa shape index (κ2) is 10.3. The van der Waals surface area contributed by atoms with Gasteiger partial charge in [0, 0.05) is 37.3 Å². The second-order valence-corrected chi connectivity index (χ2v) is 10.2. The van der Waals surface area contributed by atoms with Crippen LogP contribution in [0.5, 0.6) is 0 Å². The Balaban J connectivity index is 1.27. The van der Waals surface area contributed by atoms with Crippen LogP contribution >= 0.6 is 22.9 Å². The molecule has 10 nitrogen and oxygen atoms in total. The lowest BCUT2D eigenvalue weighted by atomic mass is 10.1. The lowest BCUT2D eigenvalue weighted by Crippen LogP contribution is -2.46. The Bertz CT molecular complexity index is 1720. The van der Waals surface area contributed by atoms with Crippen LogP contribution < -0.4 is 10.6 Å². The molecule has 1 aromatic carbocycles. The Hall–Kier alpha value is -4.61. The lowest BCUT2D eigenvalue weighted by Gasteiger charge is -2.28. The van der Waals surface area contributed by atoms with Gasteiger partial charge in [-0.1, -0.05) is 23.7 Å². The van der Waals surface area contributed by atoms with Crippen molar-refractivity contribution in [1.29, 1.82) is 0 Å². The van der Waals surface area contributed by atoms with Crippen LogP contribution in [0.25, 0.3) is 5.52 Å². The highest BCUT2D eigenvalue weighted by atomic mass is 35.5. The molecule has 1 atom stereocenters. The molecule has 4 aromatic heterocycles. The number of anilines is 2. The topological polar surface area (TPSA) is 122 Å². The summed E-state index contributed by atoms with van der Waals surface area (Å²) in [5.41, 5.74) is 2.74. The molecule has 194 valence electrons. The third-order valence-corrected chi connectivity index (χ3v) is 7.60. The Kier molecular flexibility index (Phi) is 6.51. The molecule has 2 N–H and O–H groups in total. The van der Waals surface area contributed by atoms with Gasteiger partial charge in [0.05, 0.1) is 28.8 Å². The zero-order valence-corrected chi connectivity index (χ0v) is 21.8. The molecule has 1 aliphatic rings. The van der Waals surface area contributed by atoms with Crippen molar-refractivity contribution in [2.75, 3.05) is 10.6 Å². The van der Waals surface area contributed by atoms with Gasteiger partial charge < -0.3 is 19.9 Å². The smallest absolute Gasteiger partial charge is 0.267 e. The summed E-state index contributed by atoms with van der Waals surface area (Å²) in [6.07, 6.45) is 8.39. The van der Waals surface area contributed by atoms with Gasteiger partial charge in [0.1, 0.15) is 16.4 Å². The second-order valence-electron chi connectivity index (χ2n) is 8.86. The minimum atomic E-state index is -0.795. The minimum absolute atomic E-state index is 0.111. The van der Waals surface area contributed by atoms with Crippen molar-refractivity contribution in [3.63, 3.8) is 0 Å². The van der Waals surface area contributed by atoms with Crippen LogP contribution in [0, 0.1) is 0 Å². The van der Waals surface area contributed by atoms with E-state index in [1.54, 1.807) is 71.2 Å². The van der Waals surface area contributed by atoms with Crippen molar-refractivity contribution in [3.8, 4) is 0 Å². The van der Waals surface area contributed by atoms with E-state index >= 15 is 0 Å². The Morgan fingerprint density at radius 2 is 2.03 bits per heavy atom. The monoisotopic (exact) mass is 557 g/mol. The molecule has 0 bridgehead atoms. The van der Waals surface area contributed by atoms with Crippen LogP contribution in [0.3, 0.4) is 0 Å². The van der Waals surface area contributed by atoms with Crippen LogP contribution in [-0.2, 0) is 17.8 Å². The molecule has 1 aliphatic heterocycles. The number of pyridine rings is 1. The summed E-state index contributed by atoms with van der Waals surface area (Å²) in [7, 11) is 0. The van der Waals surface area contributed by atoms with E-state index in [0.717, 1.165) is 0 Å². The van der Waals surface area contributed by atoms with Crippen LogP contribution in [0.1, 0.15) is 31.3 Å². The van der Waals surface area contributed by atoms with Crippen LogP contribution in [0.4, 0.5) is 11.5 Å². The van der Waals surface area contributed by atoms with Gasteiger partial charge in [-0.15, -0.1) is 11.3 Å². The van der Waals surface area contributed by atoms with E-state index in [9.17, 15) is 14.4 Å². The predicted molar refractivity (Wildman–Crippen MR) is 147 cm³/mol. The largest absolute Gasteiger partial charge is 0.323 e. The first kappa shape index (κ1) is 24.7. The number of hydrogen-bond donors (Lipinski definition) is 2. The van der Waals surface area contributed by atoms with Gasteiger partial charge >= 0.3 is 0 Å². The normalized spacial score (nSPS) is 15.1. The van der Waals surface area contributed by atoms with Gasteiger partial charge in [0.2, 0.25) is 5.91 Å². The fourth-order valence-electron chi connectivity index (χ4n) is 4.47. The molecule has 0 radical (unpaired) electrons. The standard InChI is InChI=1S/C27H20ClN7O3S/c28-19-11-16(4-5-18(19)25(36)33-24-22-13-29-15-34(22)9-8-31-24)14-35-21(12-17-3-1-2-7-30-17)26(37)32-20-6-10-39-23(20)27(35)38/h1-11,13,15,21H,12,14H2,(H,32,37)(H,31,33,36). The molecule has 0 saturated carbocycles. The average Bonchev–Trinajstić information content (AvgIpc) is 3.59. The number of imidazole rings is 1. The summed E-state index contributed by atoms with van der Waals surface area (Å²) in [5, 5.41) is 7.62. The Morgan fingerprint density at radius 3 is 2.85 bits per heavy atom. The number of fused-ring (bicyclic) bond motifs is 2. The number of hydrogen-bond acceptors (Lipinski definition) is 7. The number of carbonyl (C=O) groups is 3. The zero-order valence-electron chi connectivity index (χ0n) is 20.2. The highest BCUT2D eigenvalue weighted by Crippen LogP contribution is 2.31. The highest BCUT2D eigenvalue weighted by Gasteiger charge is 2.36. The third kappa shape index (κ3) is 4.85. The van der Waals surface area contributed by atoms with Crippen LogP contribution in [0.15, 0.2) is 79.0 Å². The maximum Gasteiger partial charge on any atom is 0.267 e. The fraction of sp³-hybridized carbons (Fsp3) is 0.111. The van der Waals surface area contributed by atoms with Gasteiger partial charge in [-0.2, -0.15) is 0 Å². The molecule has 0 aliphatic carbocycles. The zero-order chi connectivity index (χ0) is 26.9. The van der Waals surface area contributed by atoms with Gasteiger partial charge in [-0.25, -0.2) is 9.97 Å². The maximum absolute atomic E-state index is 13.6. The Labute approximate surface area is 231 Å². The van der Waals surface area contributed by atoms with E-state index in [4.69, 9.17) is 11.6 Å². The highest BCUT2D eigenvalue weighted by molar-refractivity contribution is 7.12. The SMILES string of the molecule is O=C(Nc1nccn2cncc12)c1ccc(CN2C(=O)c3sccc3NC(=O)C2Cc2ccccn2)cc1Cl. The summed E-state index contributed by atoms with van der Waals surface area (Å²) in [6.45, 7) is 0.111. The lowest BCUT2D eigenvalue weighted by molar-refractivity contribution is -0.120. The maximum atomic E-state index is 13.6. The molecular formula is C27H20ClN7O3S. The first-order valence-corrected chi connectivity index (χ1v) is 13.2. The van der Waals surface area contributed by atoms with E-state index in [-0.39, 0.29) is 35.4 Å². The van der Waals surface area contributed by atoms with E-state index in [1.807, 2.05) is 12.1 Å². The number of halogens is 1. The van der Waals surface area contributed by atoms with Gasteiger partial charge in [0.15, 0.2) is 5.82 Å². The quantitative estimate of drug-likeness (QED) is 0.321. The molecule has 3 amide bonds. The van der Waals surface area contributed by atoms with Crippen molar-refractivity contribution in [1.82, 2.24) is 24.3 Å². The molecule has 12 heteroatoms. The van der Waals surface area contributed by atoms with E-state index in [0.29, 0.717) is 33.2 Å². The Morgan fingerprint density at radius 1 is 1.13 bits per heavy atom. The molecule has 0 spiro atoms. The molecule has 0 fully saturated rings. The van der Waals surface area contributed by atoms with Crippen molar-refractivity contribution in [3.05, 3.63) is 106 Å². The predicted octanol–water partition coefficient (Wildman–Crippen LogP) is 4.30. The van der Waals surface area contributed by atoms with Gasteiger partial charge in [0.25, 0.3) is 11.8 Å². The molecular weight excluding hydrogens is 538 g/mol. The molecule has 39 heavy (non-hydrogen) atoms. The fourth-order valence-corrected chi connectivity index (χ4v) is 5.56. The summed E-state index contributed by atoms with van der Waals surface area (Å²) in [5.74, 6) is -0.646. The first-order chi connectivity index (χ1) is 19.0. The molecule has 5 aromatic rings. The number of amides is 3. The summed E-state index contributed by atoms with van der Waals surface area (Å²) < 4.78 is 1.74. The van der Waals surface area contributed by atoms with E-state index in [1.165, 1.54) is 16.2 Å². The summed E-state index contributed by atoms with van der Waals surface area (Å²) in [6, 6.07) is 11.3. The number of nitrogens with zero attached hydrogens (tertiary/aromatic N) is 5. The number of carbonyl (C=O) groups excluding carboxylic acids is 3. The van der Waals surface area contributed by atoms with Crippen molar-refractivity contribution in [2.24, 2.45) is 0 Å². The van der Waals surface area contributed by atoms with Crippen molar-refractivity contribution < 1.29 is 14.4 Å². The number of nitrogens with one attached hydrogen (secondary N) is 2. The van der Waals surface area contributed by atoms with E-state index < -0.39 is 11.9 Å². The first-order valence-electron chi connectivity index (χ1n) is 11.9. The minimum Gasteiger partial charge on any atom is -0.323 e. The number of rotatable bonds is 6. The van der Waals surface area contributed by atoms with Crippen LogP contribution in [-0.4, -0.2) is 48.0 Å². The number of benzene rings is 1. The molecule has 0 saturated heterocycles. The van der Waals surface area contributed by atoms with Crippen molar-refractivity contribution in [2.45, 2.75) is 19.0 Å². The molecule has 6 rings (SSSR count). The number of thiophene rings is 1. The third-order valence-electron chi connectivity index (χ3n) is 6.39. The summed E-state index contributed by atoms with van der Waals surface area (Å²) >= 11 is 7.81. The van der Waals surface area contributed by atoms with Crippen LogP contribution in [0.2, 0.25) is 5.02 Å². The summed E-state index contributed by atoms with van der Waals surface area (Å²) in [4.78, 5) is 54.5. The molecule has 1 unspecified atom stereocenters. The van der Waals surface area contributed by atoms with E-state index in [2.05, 4.69) is 25.6 Å². The van der Waals surface area contributed by atoms with Gasteiger partial charge in [-0.05, 0) is 41.3 Å². The molecule has 5 heterocycles.